The van der Waals surface area contributed by atoms with E-state index in [1.165, 1.54) is 12.1 Å². The van der Waals surface area contributed by atoms with Crippen molar-refractivity contribution in [3.8, 4) is 5.75 Å². The summed E-state index contributed by atoms with van der Waals surface area (Å²) in [5, 5.41) is 0. The highest BCUT2D eigenvalue weighted by Crippen LogP contribution is 2.21. The Morgan fingerprint density at radius 2 is 1.90 bits per heavy atom. The topological polar surface area (TPSA) is 102 Å². The van der Waals surface area contributed by atoms with Crippen molar-refractivity contribution < 1.29 is 14.3 Å². The molecular weight excluding hydrogens is 272 g/mol. The van der Waals surface area contributed by atoms with Crippen molar-refractivity contribution in [3.05, 3.63) is 23.8 Å². The molecule has 1 aliphatic rings. The third kappa shape index (κ3) is 3.85. The van der Waals surface area contributed by atoms with Crippen LogP contribution in [0.25, 0.3) is 0 Å². The molecule has 1 aromatic rings. The first-order chi connectivity index (χ1) is 9.97. The van der Waals surface area contributed by atoms with E-state index < -0.39 is 5.91 Å². The number of rotatable bonds is 4. The maximum atomic E-state index is 12.1. The summed E-state index contributed by atoms with van der Waals surface area (Å²) in [6, 6.07) is 4.56. The fourth-order valence-electron chi connectivity index (χ4n) is 2.15. The maximum Gasteiger partial charge on any atom is 0.260 e. The molecule has 2 rings (SSSR count). The lowest BCUT2D eigenvalue weighted by Crippen LogP contribution is -2.48. The van der Waals surface area contributed by atoms with Gasteiger partial charge in [0.05, 0.1) is 5.56 Å². The monoisotopic (exact) mass is 292 g/mol. The molecule has 1 saturated heterocycles. The lowest BCUT2D eigenvalue weighted by Gasteiger charge is -2.32. The van der Waals surface area contributed by atoms with Gasteiger partial charge in [0.15, 0.2) is 6.61 Å². The Labute approximate surface area is 123 Å². The normalized spacial score (nSPS) is 15.8. The van der Waals surface area contributed by atoms with Gasteiger partial charge in [-0.15, -0.1) is 0 Å². The SMILES string of the molecule is CN1CCN(C(=O)COc2cc(N)ccc2C(N)=O)CC1. The molecule has 7 heteroatoms. The van der Waals surface area contributed by atoms with E-state index in [2.05, 4.69) is 4.90 Å². The van der Waals surface area contributed by atoms with Crippen molar-refractivity contribution in [2.75, 3.05) is 45.6 Å². The van der Waals surface area contributed by atoms with Crippen LogP contribution in [0.4, 0.5) is 5.69 Å². The van der Waals surface area contributed by atoms with E-state index in [4.69, 9.17) is 16.2 Å². The van der Waals surface area contributed by atoms with Crippen LogP contribution in [0, 0.1) is 0 Å². The smallest absolute Gasteiger partial charge is 0.260 e. The van der Waals surface area contributed by atoms with Gasteiger partial charge in [0.2, 0.25) is 0 Å². The van der Waals surface area contributed by atoms with E-state index in [0.29, 0.717) is 18.8 Å². The highest BCUT2D eigenvalue weighted by Gasteiger charge is 2.20. The molecule has 114 valence electrons. The van der Waals surface area contributed by atoms with Crippen LogP contribution >= 0.6 is 0 Å². The van der Waals surface area contributed by atoms with Gasteiger partial charge in [-0.1, -0.05) is 0 Å². The van der Waals surface area contributed by atoms with Gasteiger partial charge in [-0.05, 0) is 19.2 Å². The van der Waals surface area contributed by atoms with E-state index >= 15 is 0 Å². The van der Waals surface area contributed by atoms with Crippen LogP contribution in [0.2, 0.25) is 0 Å². The average molecular weight is 292 g/mol. The van der Waals surface area contributed by atoms with Crippen LogP contribution in [-0.4, -0.2) is 61.4 Å². The number of ether oxygens (including phenoxy) is 1. The van der Waals surface area contributed by atoms with Gasteiger partial charge in [-0.2, -0.15) is 0 Å². The summed E-state index contributed by atoms with van der Waals surface area (Å²) in [6.07, 6.45) is 0. The number of nitrogens with two attached hydrogens (primary N) is 2. The second-order valence-electron chi connectivity index (χ2n) is 5.09. The Bertz CT molecular complexity index is 539. The second kappa shape index (κ2) is 6.45. The van der Waals surface area contributed by atoms with Crippen LogP contribution < -0.4 is 16.2 Å². The zero-order chi connectivity index (χ0) is 15.4. The third-order valence-electron chi connectivity index (χ3n) is 3.48. The predicted octanol–water partition coefficient (Wildman–Crippen LogP) is -0.479. The third-order valence-corrected chi connectivity index (χ3v) is 3.48. The van der Waals surface area contributed by atoms with Crippen LogP contribution in [-0.2, 0) is 4.79 Å². The lowest BCUT2D eigenvalue weighted by atomic mass is 10.1. The van der Waals surface area contributed by atoms with Gasteiger partial charge in [0.1, 0.15) is 5.75 Å². The van der Waals surface area contributed by atoms with Gasteiger partial charge >= 0.3 is 0 Å². The van der Waals surface area contributed by atoms with Gasteiger partial charge < -0.3 is 26.0 Å². The molecule has 4 N–H and O–H groups in total. The van der Waals surface area contributed by atoms with Crippen LogP contribution in [0.15, 0.2) is 18.2 Å². The minimum atomic E-state index is -0.614. The number of hydrogen-bond donors (Lipinski definition) is 2. The standard InChI is InChI=1S/C14H20N4O3/c1-17-4-6-18(7-5-17)13(19)9-21-12-8-10(15)2-3-11(12)14(16)20/h2-3,8H,4-7,9,15H2,1H3,(H2,16,20). The molecule has 7 nitrogen and oxygen atoms in total. The molecule has 1 fully saturated rings. The molecule has 2 amide bonds. The predicted molar refractivity (Wildman–Crippen MR) is 78.9 cm³/mol. The van der Waals surface area contributed by atoms with E-state index in [1.54, 1.807) is 11.0 Å². The molecule has 0 unspecified atom stereocenters. The van der Waals surface area contributed by atoms with Crippen molar-refractivity contribution in [3.63, 3.8) is 0 Å². The number of anilines is 1. The maximum absolute atomic E-state index is 12.1. The molecule has 1 heterocycles. The molecule has 0 spiro atoms. The summed E-state index contributed by atoms with van der Waals surface area (Å²) < 4.78 is 5.44. The van der Waals surface area contributed by atoms with Gasteiger partial charge in [-0.25, -0.2) is 0 Å². The number of piperazine rings is 1. The Morgan fingerprint density at radius 3 is 2.52 bits per heavy atom. The number of carbonyl (C=O) groups is 2. The number of likely N-dealkylation sites (N-methyl/N-ethyl adjacent to an activating group) is 1. The summed E-state index contributed by atoms with van der Waals surface area (Å²) in [6.45, 7) is 2.91. The minimum absolute atomic E-state index is 0.110. The summed E-state index contributed by atoms with van der Waals surface area (Å²) in [7, 11) is 2.02. The fourth-order valence-corrected chi connectivity index (χ4v) is 2.15. The summed E-state index contributed by atoms with van der Waals surface area (Å²) in [5.41, 5.74) is 11.6. The van der Waals surface area contributed by atoms with E-state index in [1.807, 2.05) is 7.05 Å². The molecular formula is C14H20N4O3. The molecule has 0 aromatic heterocycles. The summed E-state index contributed by atoms with van der Waals surface area (Å²) in [4.78, 5) is 27.3. The zero-order valence-corrected chi connectivity index (χ0v) is 12.0. The minimum Gasteiger partial charge on any atom is -0.483 e. The van der Waals surface area contributed by atoms with E-state index in [9.17, 15) is 9.59 Å². The molecule has 0 radical (unpaired) electrons. The Hall–Kier alpha value is -2.28. The van der Waals surface area contributed by atoms with Crippen molar-refractivity contribution in [2.45, 2.75) is 0 Å². The van der Waals surface area contributed by atoms with E-state index in [-0.39, 0.29) is 23.8 Å². The lowest BCUT2D eigenvalue weighted by molar-refractivity contribution is -0.134. The van der Waals surface area contributed by atoms with Crippen LogP contribution in [0.1, 0.15) is 10.4 Å². The number of benzene rings is 1. The van der Waals surface area contributed by atoms with Crippen molar-refractivity contribution in [2.24, 2.45) is 5.73 Å². The molecule has 1 aromatic carbocycles. The van der Waals surface area contributed by atoms with Gasteiger partial charge in [-0.3, -0.25) is 9.59 Å². The fraction of sp³-hybridized carbons (Fsp3) is 0.429. The number of hydrogen-bond acceptors (Lipinski definition) is 5. The summed E-state index contributed by atoms with van der Waals surface area (Å²) in [5.74, 6) is -0.483. The summed E-state index contributed by atoms with van der Waals surface area (Å²) >= 11 is 0. The quantitative estimate of drug-likeness (QED) is 0.730. The number of nitrogens with zero attached hydrogens (tertiary/aromatic N) is 2. The van der Waals surface area contributed by atoms with Crippen molar-refractivity contribution in [1.82, 2.24) is 9.80 Å². The number of nitrogen functional groups attached to an aromatic ring is 1. The average Bonchev–Trinajstić information content (AvgIpc) is 2.45. The van der Waals surface area contributed by atoms with E-state index in [0.717, 1.165) is 13.1 Å². The molecule has 0 aliphatic carbocycles. The highest BCUT2D eigenvalue weighted by atomic mass is 16.5. The molecule has 0 atom stereocenters. The van der Waals surface area contributed by atoms with Crippen molar-refractivity contribution in [1.29, 1.82) is 0 Å². The first kappa shape index (κ1) is 15.1. The Balaban J connectivity index is 1.98. The first-order valence-corrected chi connectivity index (χ1v) is 6.76. The largest absolute Gasteiger partial charge is 0.483 e. The Morgan fingerprint density at radius 1 is 1.24 bits per heavy atom. The molecule has 21 heavy (non-hydrogen) atoms. The molecule has 0 bridgehead atoms. The number of carbonyl (C=O) groups excluding carboxylic acids is 2. The van der Waals surface area contributed by atoms with Gasteiger partial charge in [0.25, 0.3) is 11.8 Å². The first-order valence-electron chi connectivity index (χ1n) is 6.76. The number of amides is 2. The molecule has 1 aliphatic heterocycles. The van der Waals surface area contributed by atoms with Crippen LogP contribution in [0.3, 0.4) is 0 Å². The zero-order valence-electron chi connectivity index (χ0n) is 12.0. The van der Waals surface area contributed by atoms with Crippen molar-refractivity contribution >= 4 is 17.5 Å². The van der Waals surface area contributed by atoms with Crippen LogP contribution in [0.5, 0.6) is 5.75 Å². The highest BCUT2D eigenvalue weighted by molar-refractivity contribution is 5.96. The second-order valence-corrected chi connectivity index (χ2v) is 5.09. The van der Waals surface area contributed by atoms with Gasteiger partial charge in [0, 0.05) is 37.9 Å². The Kier molecular flexibility index (Phi) is 4.64. The molecule has 0 saturated carbocycles. The number of primary amides is 1.